The van der Waals surface area contributed by atoms with E-state index in [2.05, 4.69) is 0 Å². The fourth-order valence-corrected chi connectivity index (χ4v) is 6.80. The number of nitrogens with zero attached hydrogens (tertiary/aromatic N) is 6. The number of benzene rings is 6. The zero-order valence-corrected chi connectivity index (χ0v) is 30.4. The van der Waals surface area contributed by atoms with Crippen molar-refractivity contribution in [2.45, 2.75) is 0 Å². The van der Waals surface area contributed by atoms with Gasteiger partial charge in [-0.15, -0.1) is 0 Å². The molecule has 6 aromatic rings. The maximum absolute atomic E-state index is 11.7. The molecule has 0 aromatic heterocycles. The van der Waals surface area contributed by atoms with Crippen molar-refractivity contribution < 1.29 is 29.5 Å². The first-order chi connectivity index (χ1) is 28.7. The first-order valence-electron chi connectivity index (χ1n) is 17.5. The third kappa shape index (κ3) is 7.69. The number of rotatable bonds is 12. The van der Waals surface area contributed by atoms with E-state index in [-0.39, 0.29) is 34.1 Å². The van der Waals surface area contributed by atoms with E-state index < -0.39 is 29.5 Å². The highest BCUT2D eigenvalue weighted by Crippen LogP contribution is 2.59. The second-order valence-corrected chi connectivity index (χ2v) is 13.1. The Morgan fingerprint density at radius 1 is 0.233 bits per heavy atom. The van der Waals surface area contributed by atoms with Crippen LogP contribution in [0.4, 0.5) is 34.1 Å². The first-order valence-corrected chi connectivity index (χ1v) is 17.5. The van der Waals surface area contributed by atoms with Gasteiger partial charge in [0.1, 0.15) is 0 Å². The van der Waals surface area contributed by atoms with E-state index in [1.807, 2.05) is 0 Å². The van der Waals surface area contributed by atoms with E-state index >= 15 is 0 Å². The number of nitro groups is 6. The van der Waals surface area contributed by atoms with Gasteiger partial charge in [-0.2, -0.15) is 0 Å². The van der Waals surface area contributed by atoms with Crippen LogP contribution < -0.4 is 0 Å². The molecule has 18 heteroatoms. The lowest BCUT2D eigenvalue weighted by Gasteiger charge is -2.10. The van der Waals surface area contributed by atoms with Crippen molar-refractivity contribution in [3.8, 4) is 0 Å². The highest BCUT2D eigenvalue weighted by molar-refractivity contribution is 6.13. The number of allylic oxidation sites excluding steroid dienone is 3. The zero-order valence-electron chi connectivity index (χ0n) is 30.4. The van der Waals surface area contributed by atoms with Gasteiger partial charge >= 0.3 is 0 Å². The Kier molecular flexibility index (Phi) is 10.3. The van der Waals surface area contributed by atoms with Crippen LogP contribution in [0.3, 0.4) is 0 Å². The Balaban J connectivity index is 1.69. The van der Waals surface area contributed by atoms with Crippen LogP contribution in [0.15, 0.2) is 162 Å². The second-order valence-electron chi connectivity index (χ2n) is 13.1. The molecule has 0 radical (unpaired) electrons. The third-order valence-corrected chi connectivity index (χ3v) is 9.64. The van der Waals surface area contributed by atoms with Crippen molar-refractivity contribution in [2.24, 2.45) is 0 Å². The predicted molar refractivity (Wildman–Crippen MR) is 217 cm³/mol. The molecule has 0 saturated heterocycles. The molecule has 18 nitrogen and oxygen atoms in total. The van der Waals surface area contributed by atoms with E-state index in [1.54, 1.807) is 0 Å². The minimum atomic E-state index is -0.584. The van der Waals surface area contributed by atoms with Crippen molar-refractivity contribution in [1.82, 2.24) is 0 Å². The van der Waals surface area contributed by atoms with Gasteiger partial charge in [0.2, 0.25) is 0 Å². The lowest BCUT2D eigenvalue weighted by molar-refractivity contribution is -0.385. The molecule has 0 spiro atoms. The van der Waals surface area contributed by atoms with E-state index in [1.165, 1.54) is 146 Å². The standard InChI is InChI=1S/C42H24N6O12/c49-43(50)31-13-1-25(2-14-31)37(26-3-15-32(16-4-26)44(51)52)40-41(38(27-5-17-33(18-6-27)45(53)54)28-7-19-34(20-8-28)46(55)56)42(40)39(29-9-21-35(22-10-29)47(57)58)30-11-23-36(24-12-30)48(59)60/h1-24H. The van der Waals surface area contributed by atoms with Gasteiger partial charge in [-0.25, -0.2) is 0 Å². The molecule has 6 aromatic carbocycles. The van der Waals surface area contributed by atoms with E-state index in [4.69, 9.17) is 0 Å². The molecule has 0 aliphatic heterocycles. The molecular weight excluding hydrogens is 780 g/mol. The van der Waals surface area contributed by atoms with Crippen molar-refractivity contribution in [3.63, 3.8) is 0 Å². The summed E-state index contributed by atoms with van der Waals surface area (Å²) in [7, 11) is 0. The van der Waals surface area contributed by atoms with Gasteiger partial charge in [-0.05, 0) is 140 Å². The highest BCUT2D eigenvalue weighted by Gasteiger charge is 2.42. The van der Waals surface area contributed by atoms with Crippen LogP contribution in [0.5, 0.6) is 0 Å². The van der Waals surface area contributed by atoms with Crippen molar-refractivity contribution in [2.75, 3.05) is 0 Å². The van der Waals surface area contributed by atoms with Crippen LogP contribution in [0.25, 0.3) is 16.7 Å². The molecule has 1 fully saturated rings. The SMILES string of the molecule is O=[N+]([O-])c1ccc(C(=C2C(=C(c3ccc([N+](=O)[O-])cc3)c3ccc([N+](=O)[O-])cc3)C2=C(c2ccc([N+](=O)[O-])cc2)c2ccc([N+](=O)[O-])cc2)c2ccc([N+](=O)[O-])cc2)cc1. The number of non-ortho nitro benzene ring substituents is 6. The summed E-state index contributed by atoms with van der Waals surface area (Å²) in [4.78, 5) is 66.8. The number of nitro benzene ring substituents is 6. The van der Waals surface area contributed by atoms with Crippen LogP contribution in [0.1, 0.15) is 33.4 Å². The summed E-state index contributed by atoms with van der Waals surface area (Å²) in [6.07, 6.45) is 0. The van der Waals surface area contributed by atoms with Gasteiger partial charge in [0.15, 0.2) is 0 Å². The Morgan fingerprint density at radius 2 is 0.350 bits per heavy atom. The molecule has 294 valence electrons. The number of hydrogen-bond acceptors (Lipinski definition) is 12. The van der Waals surface area contributed by atoms with Crippen LogP contribution >= 0.6 is 0 Å². The molecule has 0 unspecified atom stereocenters. The highest BCUT2D eigenvalue weighted by atomic mass is 16.6. The molecule has 0 bridgehead atoms. The van der Waals surface area contributed by atoms with Gasteiger partial charge in [0, 0.05) is 72.8 Å². The minimum Gasteiger partial charge on any atom is -0.258 e. The Labute approximate surface area is 336 Å². The van der Waals surface area contributed by atoms with Gasteiger partial charge in [-0.1, -0.05) is 0 Å². The molecule has 60 heavy (non-hydrogen) atoms. The van der Waals surface area contributed by atoms with Crippen molar-refractivity contribution in [1.29, 1.82) is 0 Å². The molecule has 0 atom stereocenters. The largest absolute Gasteiger partial charge is 0.269 e. The zero-order chi connectivity index (χ0) is 42.8. The summed E-state index contributed by atoms with van der Waals surface area (Å²) < 4.78 is 0. The van der Waals surface area contributed by atoms with E-state index in [0.29, 0.717) is 66.8 Å². The van der Waals surface area contributed by atoms with Crippen molar-refractivity contribution >= 4 is 50.8 Å². The fraction of sp³-hybridized carbons (Fsp3) is 0. The lowest BCUT2D eigenvalue weighted by Crippen LogP contribution is -1.94. The quantitative estimate of drug-likeness (QED) is 0.0826. The average molecular weight is 805 g/mol. The first kappa shape index (κ1) is 39.2. The van der Waals surface area contributed by atoms with Crippen LogP contribution in [0, 0.1) is 60.7 Å². The molecule has 0 amide bonds. The predicted octanol–water partition coefficient (Wildman–Crippen LogP) is 9.96. The summed E-state index contributed by atoms with van der Waals surface area (Å²) in [5, 5.41) is 70.3. The average Bonchev–Trinajstić information content (AvgIpc) is 3.94. The summed E-state index contributed by atoms with van der Waals surface area (Å²) in [6, 6.07) is 33.2. The monoisotopic (exact) mass is 804 g/mol. The molecule has 7 rings (SSSR count). The second kappa shape index (κ2) is 15.8. The van der Waals surface area contributed by atoms with Crippen LogP contribution in [0.2, 0.25) is 0 Å². The third-order valence-electron chi connectivity index (χ3n) is 9.64. The smallest absolute Gasteiger partial charge is 0.258 e. The van der Waals surface area contributed by atoms with Crippen LogP contribution in [-0.2, 0) is 0 Å². The van der Waals surface area contributed by atoms with E-state index in [9.17, 15) is 60.7 Å². The molecule has 0 N–H and O–H groups in total. The van der Waals surface area contributed by atoms with Crippen LogP contribution in [-0.4, -0.2) is 29.5 Å². The van der Waals surface area contributed by atoms with Gasteiger partial charge in [-0.3, -0.25) is 60.7 Å². The topological polar surface area (TPSA) is 259 Å². The fourth-order valence-electron chi connectivity index (χ4n) is 6.80. The van der Waals surface area contributed by atoms with Crippen molar-refractivity contribution in [3.05, 3.63) is 256 Å². The number of hydrogen-bond donors (Lipinski definition) is 0. The normalized spacial score (nSPS) is 11.7. The molecule has 1 aliphatic rings. The summed E-state index contributed by atoms with van der Waals surface area (Å²) >= 11 is 0. The summed E-state index contributed by atoms with van der Waals surface area (Å²) in [6.45, 7) is 0. The van der Waals surface area contributed by atoms with E-state index in [0.717, 1.165) is 0 Å². The molecule has 0 heterocycles. The molecular formula is C42H24N6O12. The molecule has 1 aliphatic carbocycles. The minimum absolute atomic E-state index is 0.232. The maximum Gasteiger partial charge on any atom is 0.269 e. The summed E-state index contributed by atoms with van der Waals surface area (Å²) in [5.74, 6) is 0. The Morgan fingerprint density at radius 3 is 0.450 bits per heavy atom. The lowest BCUT2D eigenvalue weighted by atomic mass is 9.93. The maximum atomic E-state index is 11.7. The molecule has 1 saturated carbocycles. The summed E-state index contributed by atoms with van der Waals surface area (Å²) in [5.41, 5.74) is 3.67. The van der Waals surface area contributed by atoms with Gasteiger partial charge in [0.25, 0.3) is 34.1 Å². The Bertz CT molecular complexity index is 2360. The van der Waals surface area contributed by atoms with Gasteiger partial charge in [0.05, 0.1) is 29.5 Å². The Hall–Kier alpha value is -9.06. The van der Waals surface area contributed by atoms with Gasteiger partial charge < -0.3 is 0 Å².